The van der Waals surface area contributed by atoms with Crippen LogP contribution >= 0.6 is 0 Å². The highest BCUT2D eigenvalue weighted by atomic mass is 16.4. The van der Waals surface area contributed by atoms with Crippen LogP contribution in [-0.4, -0.2) is 16.1 Å². The third-order valence-electron chi connectivity index (χ3n) is 1.91. The lowest BCUT2D eigenvalue weighted by Crippen LogP contribution is -2.15. The zero-order valence-corrected chi connectivity index (χ0v) is 8.74. The van der Waals surface area contributed by atoms with E-state index in [2.05, 4.69) is 25.8 Å². The van der Waals surface area contributed by atoms with Crippen LogP contribution in [0.5, 0.6) is 0 Å². The fourth-order valence-electron chi connectivity index (χ4n) is 1.15. The first-order chi connectivity index (χ1) is 6.39. The average Bonchev–Trinajstić information content (AvgIpc) is 2.01. The standard InChI is InChI=1S/C11H15NO2/c1-11(2,3)9-6-4-5-8(12-9)7-10(13)14/h4-6H,7H2,1-3H3,(H,13,14). The highest BCUT2D eigenvalue weighted by Gasteiger charge is 2.15. The van der Waals surface area contributed by atoms with Crippen LogP contribution in [0.4, 0.5) is 0 Å². The predicted molar refractivity (Wildman–Crippen MR) is 54.3 cm³/mol. The van der Waals surface area contributed by atoms with E-state index in [4.69, 9.17) is 5.11 Å². The van der Waals surface area contributed by atoms with Crippen molar-refractivity contribution >= 4 is 5.97 Å². The summed E-state index contributed by atoms with van der Waals surface area (Å²) in [6, 6.07) is 5.51. The minimum Gasteiger partial charge on any atom is -0.481 e. The van der Waals surface area contributed by atoms with Crippen LogP contribution in [-0.2, 0) is 16.6 Å². The van der Waals surface area contributed by atoms with Crippen LogP contribution in [0.1, 0.15) is 32.2 Å². The van der Waals surface area contributed by atoms with Crippen molar-refractivity contribution in [2.24, 2.45) is 0 Å². The molecule has 3 nitrogen and oxygen atoms in total. The normalized spacial score (nSPS) is 11.4. The lowest BCUT2D eigenvalue weighted by Gasteiger charge is -2.17. The van der Waals surface area contributed by atoms with E-state index in [0.29, 0.717) is 5.69 Å². The maximum atomic E-state index is 10.5. The van der Waals surface area contributed by atoms with E-state index < -0.39 is 5.97 Å². The molecule has 0 unspecified atom stereocenters. The Bertz CT molecular complexity index is 339. The molecule has 0 amide bonds. The Kier molecular flexibility index (Phi) is 2.89. The highest BCUT2D eigenvalue weighted by Crippen LogP contribution is 2.19. The topological polar surface area (TPSA) is 50.2 Å². The molecular weight excluding hydrogens is 178 g/mol. The fraction of sp³-hybridized carbons (Fsp3) is 0.455. The molecule has 0 saturated heterocycles. The third kappa shape index (κ3) is 2.83. The van der Waals surface area contributed by atoms with Gasteiger partial charge in [-0.25, -0.2) is 0 Å². The number of hydrogen-bond acceptors (Lipinski definition) is 2. The summed E-state index contributed by atoms with van der Waals surface area (Å²) < 4.78 is 0. The van der Waals surface area contributed by atoms with E-state index in [1.807, 2.05) is 12.1 Å². The van der Waals surface area contributed by atoms with Gasteiger partial charge in [-0.05, 0) is 12.1 Å². The summed E-state index contributed by atoms with van der Waals surface area (Å²) in [5, 5.41) is 8.62. The average molecular weight is 193 g/mol. The van der Waals surface area contributed by atoms with E-state index in [9.17, 15) is 4.79 Å². The Hall–Kier alpha value is -1.38. The zero-order valence-electron chi connectivity index (χ0n) is 8.74. The van der Waals surface area contributed by atoms with Crippen molar-refractivity contribution in [2.75, 3.05) is 0 Å². The van der Waals surface area contributed by atoms with Crippen molar-refractivity contribution in [1.29, 1.82) is 0 Å². The minimum atomic E-state index is -0.844. The number of carboxylic acid groups (broad SMARTS) is 1. The number of pyridine rings is 1. The van der Waals surface area contributed by atoms with Gasteiger partial charge in [0, 0.05) is 11.1 Å². The number of carbonyl (C=O) groups is 1. The van der Waals surface area contributed by atoms with Crippen LogP contribution < -0.4 is 0 Å². The van der Waals surface area contributed by atoms with Gasteiger partial charge in [-0.15, -0.1) is 0 Å². The molecule has 0 atom stereocenters. The maximum Gasteiger partial charge on any atom is 0.309 e. The van der Waals surface area contributed by atoms with Crippen LogP contribution in [0.15, 0.2) is 18.2 Å². The smallest absolute Gasteiger partial charge is 0.309 e. The molecule has 0 saturated carbocycles. The first-order valence-corrected chi connectivity index (χ1v) is 4.58. The van der Waals surface area contributed by atoms with Gasteiger partial charge in [-0.2, -0.15) is 0 Å². The van der Waals surface area contributed by atoms with Gasteiger partial charge < -0.3 is 5.11 Å². The van der Waals surface area contributed by atoms with Crippen molar-refractivity contribution in [3.8, 4) is 0 Å². The SMILES string of the molecule is CC(C)(C)c1cccc(CC(=O)O)n1. The molecule has 0 aliphatic rings. The van der Waals surface area contributed by atoms with Gasteiger partial charge in [0.2, 0.25) is 0 Å². The van der Waals surface area contributed by atoms with Crippen molar-refractivity contribution in [1.82, 2.24) is 4.98 Å². The summed E-state index contributed by atoms with van der Waals surface area (Å²) in [5.41, 5.74) is 1.51. The molecule has 14 heavy (non-hydrogen) atoms. The number of aromatic nitrogens is 1. The monoisotopic (exact) mass is 193 g/mol. The Balaban J connectivity index is 2.95. The molecule has 1 N–H and O–H groups in total. The summed E-state index contributed by atoms with van der Waals surface area (Å²) in [4.78, 5) is 14.8. The molecule has 3 heteroatoms. The molecule has 0 fully saturated rings. The second-order valence-electron chi connectivity index (χ2n) is 4.33. The maximum absolute atomic E-state index is 10.5. The van der Waals surface area contributed by atoms with E-state index >= 15 is 0 Å². The summed E-state index contributed by atoms with van der Waals surface area (Å²) >= 11 is 0. The lowest BCUT2D eigenvalue weighted by molar-refractivity contribution is -0.136. The first-order valence-electron chi connectivity index (χ1n) is 4.58. The second kappa shape index (κ2) is 3.78. The molecule has 76 valence electrons. The van der Waals surface area contributed by atoms with E-state index in [-0.39, 0.29) is 11.8 Å². The molecule has 0 bridgehead atoms. The van der Waals surface area contributed by atoms with Crippen molar-refractivity contribution in [3.63, 3.8) is 0 Å². The third-order valence-corrected chi connectivity index (χ3v) is 1.91. The predicted octanol–water partition coefficient (Wildman–Crippen LogP) is 2.01. The van der Waals surface area contributed by atoms with Crippen molar-refractivity contribution in [3.05, 3.63) is 29.6 Å². The van der Waals surface area contributed by atoms with Gasteiger partial charge in [0.1, 0.15) is 0 Å². The van der Waals surface area contributed by atoms with E-state index in [1.54, 1.807) is 6.07 Å². The number of hydrogen-bond donors (Lipinski definition) is 1. The van der Waals surface area contributed by atoms with Gasteiger partial charge >= 0.3 is 5.97 Å². The molecule has 1 aromatic heterocycles. The largest absolute Gasteiger partial charge is 0.481 e. The quantitative estimate of drug-likeness (QED) is 0.781. The Labute approximate surface area is 83.8 Å². The summed E-state index contributed by atoms with van der Waals surface area (Å²) in [5.74, 6) is -0.844. The van der Waals surface area contributed by atoms with Gasteiger partial charge in [0.15, 0.2) is 0 Å². The Morgan fingerprint density at radius 3 is 2.57 bits per heavy atom. The number of carboxylic acids is 1. The Morgan fingerprint density at radius 1 is 1.43 bits per heavy atom. The molecule has 0 radical (unpaired) electrons. The second-order valence-corrected chi connectivity index (χ2v) is 4.33. The van der Waals surface area contributed by atoms with Crippen molar-refractivity contribution in [2.45, 2.75) is 32.6 Å². The van der Waals surface area contributed by atoms with Crippen molar-refractivity contribution < 1.29 is 9.90 Å². The summed E-state index contributed by atoms with van der Waals surface area (Å²) in [7, 11) is 0. The molecule has 0 aliphatic heterocycles. The number of nitrogens with zero attached hydrogens (tertiary/aromatic N) is 1. The fourth-order valence-corrected chi connectivity index (χ4v) is 1.15. The highest BCUT2D eigenvalue weighted by molar-refractivity contribution is 5.69. The zero-order chi connectivity index (χ0) is 10.8. The lowest BCUT2D eigenvalue weighted by atomic mass is 9.91. The number of rotatable bonds is 2. The van der Waals surface area contributed by atoms with Crippen LogP contribution in [0.3, 0.4) is 0 Å². The number of aliphatic carboxylic acids is 1. The molecular formula is C11H15NO2. The minimum absolute atomic E-state index is 0.0100. The van der Waals surface area contributed by atoms with Gasteiger partial charge in [0.25, 0.3) is 0 Å². The van der Waals surface area contributed by atoms with Crippen LogP contribution in [0, 0.1) is 0 Å². The molecule has 1 aromatic rings. The van der Waals surface area contributed by atoms with Gasteiger partial charge in [-0.3, -0.25) is 9.78 Å². The molecule has 1 rings (SSSR count). The summed E-state index contributed by atoms with van der Waals surface area (Å²) in [6.45, 7) is 6.17. The summed E-state index contributed by atoms with van der Waals surface area (Å²) in [6.07, 6.45) is -0.0100. The van der Waals surface area contributed by atoms with Crippen LogP contribution in [0.25, 0.3) is 0 Å². The Morgan fingerprint density at radius 2 is 2.07 bits per heavy atom. The van der Waals surface area contributed by atoms with Gasteiger partial charge in [0.05, 0.1) is 12.1 Å². The van der Waals surface area contributed by atoms with E-state index in [1.165, 1.54) is 0 Å². The molecule has 1 heterocycles. The van der Waals surface area contributed by atoms with E-state index in [0.717, 1.165) is 5.69 Å². The first kappa shape index (κ1) is 10.7. The van der Waals surface area contributed by atoms with Gasteiger partial charge in [-0.1, -0.05) is 26.8 Å². The van der Waals surface area contributed by atoms with Crippen LogP contribution in [0.2, 0.25) is 0 Å². The molecule has 0 aliphatic carbocycles. The molecule has 0 aromatic carbocycles. The molecule has 0 spiro atoms.